The van der Waals surface area contributed by atoms with Gasteiger partial charge in [-0.05, 0) is 68.9 Å². The number of pyridine rings is 1. The molecule has 0 radical (unpaired) electrons. The lowest BCUT2D eigenvalue weighted by atomic mass is 10.2. The van der Waals surface area contributed by atoms with Crippen molar-refractivity contribution in [1.29, 1.82) is 0 Å². The van der Waals surface area contributed by atoms with Crippen molar-refractivity contribution in [2.75, 3.05) is 6.61 Å². The van der Waals surface area contributed by atoms with Gasteiger partial charge < -0.3 is 20.1 Å². The Balaban J connectivity index is 1.13. The Hall–Kier alpha value is -3.43. The molecule has 2 fully saturated rings. The molecule has 0 spiro atoms. The molecule has 2 amide bonds. The Labute approximate surface area is 224 Å². The van der Waals surface area contributed by atoms with E-state index in [9.17, 15) is 9.59 Å². The predicted molar refractivity (Wildman–Crippen MR) is 143 cm³/mol. The number of amides is 2. The minimum Gasteiger partial charge on any atom is -0.493 e. The van der Waals surface area contributed by atoms with Crippen molar-refractivity contribution in [3.05, 3.63) is 70.0 Å². The molecule has 10 heteroatoms. The van der Waals surface area contributed by atoms with E-state index < -0.39 is 0 Å². The Morgan fingerprint density at radius 3 is 2.76 bits per heavy atom. The van der Waals surface area contributed by atoms with Crippen LogP contribution in [0, 0.1) is 5.92 Å². The molecule has 2 aliphatic rings. The quantitative estimate of drug-likeness (QED) is 0.334. The van der Waals surface area contributed by atoms with Crippen LogP contribution in [0.4, 0.5) is 0 Å². The van der Waals surface area contributed by atoms with Gasteiger partial charge in [-0.25, -0.2) is 4.98 Å². The molecule has 2 saturated carbocycles. The average molecular weight is 539 g/mol. The maximum Gasteiger partial charge on any atom is 0.279 e. The van der Waals surface area contributed by atoms with Gasteiger partial charge in [0.1, 0.15) is 17.2 Å². The molecule has 2 aliphatic carbocycles. The molecule has 0 unspecified atom stereocenters. The van der Waals surface area contributed by atoms with Crippen molar-refractivity contribution in [1.82, 2.24) is 20.6 Å². The third-order valence-corrected chi connectivity index (χ3v) is 7.00. The van der Waals surface area contributed by atoms with Crippen molar-refractivity contribution in [2.45, 2.75) is 44.7 Å². The van der Waals surface area contributed by atoms with E-state index in [0.717, 1.165) is 30.1 Å². The molecule has 2 N–H and O–H groups in total. The SMILES string of the molecule is C[C@@H](C=Cc1cnc(Oc2ccc(OCC3CC3)cc2Cl)s1)NC(=O)c1ccnc(C(=O)NC2CC2)c1. The van der Waals surface area contributed by atoms with E-state index in [0.29, 0.717) is 27.4 Å². The summed E-state index contributed by atoms with van der Waals surface area (Å²) in [6, 6.07) is 8.43. The lowest BCUT2D eigenvalue weighted by Crippen LogP contribution is -2.31. The molecule has 0 aliphatic heterocycles. The molecule has 5 rings (SSSR count). The highest BCUT2D eigenvalue weighted by molar-refractivity contribution is 7.14. The minimum atomic E-state index is -0.285. The van der Waals surface area contributed by atoms with Crippen LogP contribution in [0.2, 0.25) is 5.02 Å². The number of carbonyl (C=O) groups is 2. The average Bonchev–Trinajstić information content (AvgIpc) is 3.83. The Bertz CT molecular complexity index is 1320. The number of benzene rings is 1. The third kappa shape index (κ3) is 7.30. The van der Waals surface area contributed by atoms with Crippen molar-refractivity contribution < 1.29 is 19.1 Å². The fourth-order valence-electron chi connectivity index (χ4n) is 3.40. The summed E-state index contributed by atoms with van der Waals surface area (Å²) in [6.45, 7) is 2.58. The summed E-state index contributed by atoms with van der Waals surface area (Å²) in [5.74, 6) is 1.36. The van der Waals surface area contributed by atoms with Crippen LogP contribution in [-0.2, 0) is 0 Å². The van der Waals surface area contributed by atoms with E-state index >= 15 is 0 Å². The molecule has 0 saturated heterocycles. The van der Waals surface area contributed by atoms with Crippen LogP contribution in [0.25, 0.3) is 6.08 Å². The van der Waals surface area contributed by atoms with Gasteiger partial charge in [0, 0.05) is 36.1 Å². The Morgan fingerprint density at radius 2 is 2.00 bits per heavy atom. The van der Waals surface area contributed by atoms with Gasteiger partial charge in [-0.15, -0.1) is 0 Å². The van der Waals surface area contributed by atoms with Crippen molar-refractivity contribution in [3.8, 4) is 16.7 Å². The lowest BCUT2D eigenvalue weighted by Gasteiger charge is -2.10. The summed E-state index contributed by atoms with van der Waals surface area (Å²) in [5, 5.41) is 6.70. The molecule has 0 bridgehead atoms. The van der Waals surface area contributed by atoms with Crippen LogP contribution >= 0.6 is 22.9 Å². The largest absolute Gasteiger partial charge is 0.493 e. The highest BCUT2D eigenvalue weighted by Crippen LogP contribution is 2.35. The molecule has 2 aromatic heterocycles. The molecular formula is C27H27ClN4O4S. The van der Waals surface area contributed by atoms with E-state index in [1.54, 1.807) is 24.4 Å². The number of halogens is 1. The van der Waals surface area contributed by atoms with Crippen molar-refractivity contribution in [2.24, 2.45) is 5.92 Å². The van der Waals surface area contributed by atoms with Crippen LogP contribution in [0.5, 0.6) is 16.7 Å². The number of aromatic nitrogens is 2. The summed E-state index contributed by atoms with van der Waals surface area (Å²) < 4.78 is 11.6. The van der Waals surface area contributed by atoms with Crippen molar-refractivity contribution >= 4 is 40.8 Å². The second-order valence-corrected chi connectivity index (χ2v) is 10.7. The Morgan fingerprint density at radius 1 is 1.16 bits per heavy atom. The second-order valence-electron chi connectivity index (χ2n) is 9.28. The smallest absolute Gasteiger partial charge is 0.279 e. The molecule has 192 valence electrons. The highest BCUT2D eigenvalue weighted by Gasteiger charge is 2.25. The predicted octanol–water partition coefficient (Wildman–Crippen LogP) is 5.50. The number of carbonyl (C=O) groups excluding carboxylic acids is 2. The number of hydrogen-bond acceptors (Lipinski definition) is 7. The number of nitrogens with one attached hydrogen (secondary N) is 2. The molecule has 1 aromatic carbocycles. The molecule has 8 nitrogen and oxygen atoms in total. The van der Waals surface area contributed by atoms with Gasteiger partial charge in [0.2, 0.25) is 0 Å². The first-order valence-corrected chi connectivity index (χ1v) is 13.4. The summed E-state index contributed by atoms with van der Waals surface area (Å²) >= 11 is 7.72. The van der Waals surface area contributed by atoms with Crippen LogP contribution in [-0.4, -0.2) is 40.5 Å². The van der Waals surface area contributed by atoms with E-state index in [2.05, 4.69) is 20.6 Å². The first kappa shape index (κ1) is 25.2. The van der Waals surface area contributed by atoms with Crippen molar-refractivity contribution in [3.63, 3.8) is 0 Å². The number of hydrogen-bond donors (Lipinski definition) is 2. The maximum atomic E-state index is 12.7. The van der Waals surface area contributed by atoms with E-state index in [1.807, 2.05) is 25.1 Å². The zero-order chi connectivity index (χ0) is 25.8. The van der Waals surface area contributed by atoms with Crippen LogP contribution in [0.1, 0.15) is 58.3 Å². The molecule has 3 aromatic rings. The van der Waals surface area contributed by atoms with Gasteiger partial charge in [0.25, 0.3) is 17.0 Å². The van der Waals surface area contributed by atoms with Gasteiger partial charge in [-0.3, -0.25) is 14.6 Å². The zero-order valence-electron chi connectivity index (χ0n) is 20.3. The van der Waals surface area contributed by atoms with Gasteiger partial charge in [0.05, 0.1) is 16.5 Å². The first-order valence-electron chi connectivity index (χ1n) is 12.2. The molecule has 37 heavy (non-hydrogen) atoms. The second kappa shape index (κ2) is 11.3. The van der Waals surface area contributed by atoms with E-state index in [1.165, 1.54) is 36.4 Å². The monoisotopic (exact) mass is 538 g/mol. The minimum absolute atomic E-state index is 0.225. The summed E-state index contributed by atoms with van der Waals surface area (Å²) in [6.07, 6.45) is 11.3. The Kier molecular flexibility index (Phi) is 7.71. The van der Waals surface area contributed by atoms with E-state index in [4.69, 9.17) is 21.1 Å². The van der Waals surface area contributed by atoms with Gasteiger partial charge in [-0.2, -0.15) is 0 Å². The number of ether oxygens (including phenoxy) is 2. The third-order valence-electron chi connectivity index (χ3n) is 5.86. The number of nitrogens with zero attached hydrogens (tertiary/aromatic N) is 2. The molecule has 1 atom stereocenters. The topological polar surface area (TPSA) is 102 Å². The van der Waals surface area contributed by atoms with Gasteiger partial charge in [-0.1, -0.05) is 29.0 Å². The van der Waals surface area contributed by atoms with Crippen LogP contribution in [0.15, 0.2) is 48.8 Å². The van der Waals surface area contributed by atoms with Gasteiger partial charge in [0.15, 0.2) is 0 Å². The van der Waals surface area contributed by atoms with Crippen LogP contribution < -0.4 is 20.1 Å². The normalized spacial score (nSPS) is 15.8. The first-order chi connectivity index (χ1) is 17.9. The fourth-order valence-corrected chi connectivity index (χ4v) is 4.30. The highest BCUT2D eigenvalue weighted by atomic mass is 35.5. The molecule has 2 heterocycles. The van der Waals surface area contributed by atoms with E-state index in [-0.39, 0.29) is 29.6 Å². The number of rotatable bonds is 11. The summed E-state index contributed by atoms with van der Waals surface area (Å²) in [7, 11) is 0. The molecular weight excluding hydrogens is 512 g/mol. The van der Waals surface area contributed by atoms with Crippen LogP contribution in [0.3, 0.4) is 0 Å². The summed E-state index contributed by atoms with van der Waals surface area (Å²) in [5.41, 5.74) is 0.617. The zero-order valence-corrected chi connectivity index (χ0v) is 21.8. The number of thiazole rings is 1. The standard InChI is InChI=1S/C27H27ClN4O4S/c1-16(31-25(33)18-10-11-29-23(12-18)26(34)32-19-5-6-19)2-8-21-14-30-27(37-21)36-24-9-7-20(13-22(24)28)35-15-17-3-4-17/h2,7-14,16-17,19H,3-6,15H2,1H3,(H,31,33)(H,32,34)/t16-/m0/s1. The maximum absolute atomic E-state index is 12.7. The summed E-state index contributed by atoms with van der Waals surface area (Å²) in [4.78, 5) is 34.1. The fraction of sp³-hybridized carbons (Fsp3) is 0.333. The van der Waals surface area contributed by atoms with Gasteiger partial charge >= 0.3 is 0 Å². The lowest BCUT2D eigenvalue weighted by molar-refractivity contribution is 0.0946.